The van der Waals surface area contributed by atoms with Crippen molar-refractivity contribution in [1.82, 2.24) is 39.5 Å². The lowest BCUT2D eigenvalue weighted by Crippen LogP contribution is -2.05. The highest BCUT2D eigenvalue weighted by Gasteiger charge is 2.35. The molecular weight excluding hydrogens is 537 g/mol. The normalized spacial score (nSPS) is 13.8. The van der Waals surface area contributed by atoms with Gasteiger partial charge in [0.2, 0.25) is 11.8 Å². The SMILES string of the molecule is COc1ncnc(C2CC2)c1-c1nc(OCc2ccc(-c3nc(C(F)(F)F)cn3C(C)C)c(C)c2)c2[nH]cnc2n1. The Kier molecular flexibility index (Phi) is 6.59. The van der Waals surface area contributed by atoms with Crippen LogP contribution in [0.15, 0.2) is 37.1 Å². The van der Waals surface area contributed by atoms with Gasteiger partial charge >= 0.3 is 6.18 Å². The van der Waals surface area contributed by atoms with Crippen molar-refractivity contribution < 1.29 is 22.6 Å². The van der Waals surface area contributed by atoms with Gasteiger partial charge < -0.3 is 19.0 Å². The van der Waals surface area contributed by atoms with Crippen LogP contribution in [0.5, 0.6) is 11.8 Å². The van der Waals surface area contributed by atoms with E-state index in [4.69, 9.17) is 14.5 Å². The number of alkyl halides is 3. The molecule has 0 amide bonds. The molecule has 0 unspecified atom stereocenters. The van der Waals surface area contributed by atoms with Gasteiger partial charge in [-0.15, -0.1) is 0 Å². The predicted octanol–water partition coefficient (Wildman–Crippen LogP) is 6.05. The summed E-state index contributed by atoms with van der Waals surface area (Å²) in [7, 11) is 1.54. The summed E-state index contributed by atoms with van der Waals surface area (Å²) in [6.07, 6.45) is 1.56. The number of ether oxygens (including phenoxy) is 2. The van der Waals surface area contributed by atoms with Crippen LogP contribution in [0, 0.1) is 6.92 Å². The Morgan fingerprint density at radius 2 is 1.88 bits per heavy atom. The molecule has 0 spiro atoms. The first-order valence-corrected chi connectivity index (χ1v) is 13.1. The smallest absolute Gasteiger partial charge is 0.434 e. The summed E-state index contributed by atoms with van der Waals surface area (Å²) in [5, 5.41) is 0. The van der Waals surface area contributed by atoms with Crippen molar-refractivity contribution >= 4 is 11.2 Å². The lowest BCUT2D eigenvalue weighted by atomic mass is 10.0. The van der Waals surface area contributed by atoms with Crippen molar-refractivity contribution in [1.29, 1.82) is 0 Å². The first kappa shape index (κ1) is 26.7. The lowest BCUT2D eigenvalue weighted by molar-refractivity contribution is -0.140. The number of nitrogens with zero attached hydrogens (tertiary/aromatic N) is 7. The van der Waals surface area contributed by atoms with Gasteiger partial charge in [0.25, 0.3) is 0 Å². The molecule has 41 heavy (non-hydrogen) atoms. The third-order valence-corrected chi connectivity index (χ3v) is 6.96. The maximum atomic E-state index is 13.4. The van der Waals surface area contributed by atoms with Crippen molar-refractivity contribution in [3.63, 3.8) is 0 Å². The minimum atomic E-state index is -4.53. The molecule has 0 atom stereocenters. The van der Waals surface area contributed by atoms with E-state index in [0.717, 1.165) is 35.9 Å². The summed E-state index contributed by atoms with van der Waals surface area (Å²) in [5.74, 6) is 1.59. The molecule has 1 saturated carbocycles. The largest absolute Gasteiger partial charge is 0.480 e. The van der Waals surface area contributed by atoms with Crippen LogP contribution in [0.3, 0.4) is 0 Å². The maximum Gasteiger partial charge on any atom is 0.434 e. The zero-order chi connectivity index (χ0) is 28.9. The van der Waals surface area contributed by atoms with E-state index < -0.39 is 11.9 Å². The van der Waals surface area contributed by atoms with Gasteiger partial charge in [0, 0.05) is 23.7 Å². The molecule has 4 aromatic heterocycles. The molecule has 212 valence electrons. The van der Waals surface area contributed by atoms with Crippen LogP contribution in [-0.2, 0) is 12.8 Å². The number of aromatic nitrogens is 8. The monoisotopic (exact) mass is 564 g/mol. The summed E-state index contributed by atoms with van der Waals surface area (Å²) >= 11 is 0. The van der Waals surface area contributed by atoms with Crippen LogP contribution in [0.2, 0.25) is 0 Å². The van der Waals surface area contributed by atoms with E-state index in [9.17, 15) is 13.2 Å². The van der Waals surface area contributed by atoms with Crippen molar-refractivity contribution in [3.05, 3.63) is 59.6 Å². The molecule has 0 bridgehead atoms. The molecule has 4 heterocycles. The number of nitrogens with one attached hydrogen (secondary N) is 1. The summed E-state index contributed by atoms with van der Waals surface area (Å²) in [5.41, 5.74) is 3.67. The van der Waals surface area contributed by atoms with Crippen LogP contribution in [0.25, 0.3) is 33.9 Å². The lowest BCUT2D eigenvalue weighted by Gasteiger charge is -2.14. The Hall–Kier alpha value is -4.55. The molecule has 10 nitrogen and oxygen atoms in total. The number of H-pyrrole nitrogens is 1. The number of imidazole rings is 2. The van der Waals surface area contributed by atoms with Gasteiger partial charge in [0.15, 0.2) is 17.2 Å². The first-order chi connectivity index (χ1) is 19.6. The highest BCUT2D eigenvalue weighted by Crippen LogP contribution is 2.45. The number of benzene rings is 1. The first-order valence-electron chi connectivity index (χ1n) is 13.1. The van der Waals surface area contributed by atoms with E-state index in [-0.39, 0.29) is 18.5 Å². The molecule has 6 rings (SSSR count). The van der Waals surface area contributed by atoms with E-state index in [1.807, 2.05) is 26.8 Å². The molecule has 0 saturated heterocycles. The molecule has 13 heteroatoms. The molecule has 1 N–H and O–H groups in total. The zero-order valence-corrected chi connectivity index (χ0v) is 22.8. The van der Waals surface area contributed by atoms with Gasteiger partial charge in [0.1, 0.15) is 29.8 Å². The second-order valence-corrected chi connectivity index (χ2v) is 10.3. The van der Waals surface area contributed by atoms with Crippen LogP contribution in [0.1, 0.15) is 61.2 Å². The Morgan fingerprint density at radius 3 is 2.56 bits per heavy atom. The van der Waals surface area contributed by atoms with Crippen LogP contribution >= 0.6 is 0 Å². The van der Waals surface area contributed by atoms with E-state index in [1.165, 1.54) is 24.3 Å². The average Bonchev–Trinajstić information content (AvgIpc) is 3.49. The van der Waals surface area contributed by atoms with Crippen molar-refractivity contribution in [2.45, 2.75) is 58.4 Å². The van der Waals surface area contributed by atoms with Crippen molar-refractivity contribution in [3.8, 4) is 34.5 Å². The third-order valence-electron chi connectivity index (χ3n) is 6.96. The number of fused-ring (bicyclic) bond motifs is 1. The number of aromatic amines is 1. The summed E-state index contributed by atoms with van der Waals surface area (Å²) < 4.78 is 53.4. The molecule has 1 aliphatic rings. The number of halogens is 3. The Bertz CT molecular complexity index is 1740. The number of methoxy groups -OCH3 is 1. The Morgan fingerprint density at radius 1 is 1.07 bits per heavy atom. The summed E-state index contributed by atoms with van der Waals surface area (Å²) in [6, 6.07) is 5.24. The Balaban J connectivity index is 1.31. The zero-order valence-electron chi connectivity index (χ0n) is 22.8. The third kappa shape index (κ3) is 5.07. The van der Waals surface area contributed by atoms with Crippen molar-refractivity contribution in [2.75, 3.05) is 7.11 Å². The van der Waals surface area contributed by atoms with Gasteiger partial charge in [-0.05, 0) is 44.7 Å². The van der Waals surface area contributed by atoms with Crippen LogP contribution < -0.4 is 9.47 Å². The van der Waals surface area contributed by atoms with Gasteiger partial charge in [0.05, 0.1) is 19.1 Å². The molecule has 0 aliphatic heterocycles. The number of rotatable bonds is 8. The topological polar surface area (TPSA) is 117 Å². The van der Waals surface area contributed by atoms with Crippen molar-refractivity contribution in [2.24, 2.45) is 0 Å². The minimum absolute atomic E-state index is 0.149. The second-order valence-electron chi connectivity index (χ2n) is 10.3. The van der Waals surface area contributed by atoms with E-state index in [2.05, 4.69) is 29.9 Å². The fourth-order valence-corrected chi connectivity index (χ4v) is 4.78. The summed E-state index contributed by atoms with van der Waals surface area (Å²) in [6.45, 7) is 5.62. The Labute approximate surface area is 233 Å². The molecule has 1 aromatic carbocycles. The standard InChI is InChI=1S/C28H27F3N8O2/c1-14(2)39-10-19(28(29,30)31)36-25(39)18-8-5-16(9-15(18)3)11-41-27-22-24(34-12-33-22)37-23(38-27)20-21(17-6-7-17)32-13-35-26(20)40-4/h5,8-10,12-14,17H,6-7,11H2,1-4H3,(H,33,34,37,38). The average molecular weight is 565 g/mol. The molecule has 0 radical (unpaired) electrons. The summed E-state index contributed by atoms with van der Waals surface area (Å²) in [4.78, 5) is 29.3. The van der Waals surface area contributed by atoms with E-state index >= 15 is 0 Å². The highest BCUT2D eigenvalue weighted by atomic mass is 19.4. The highest BCUT2D eigenvalue weighted by molar-refractivity contribution is 5.79. The maximum absolute atomic E-state index is 13.4. The molecular formula is C28H27F3N8O2. The fourth-order valence-electron chi connectivity index (χ4n) is 4.78. The van der Waals surface area contributed by atoms with E-state index in [0.29, 0.717) is 45.8 Å². The van der Waals surface area contributed by atoms with Gasteiger partial charge in [-0.2, -0.15) is 18.2 Å². The molecule has 1 aliphatic carbocycles. The van der Waals surface area contributed by atoms with Gasteiger partial charge in [-0.3, -0.25) is 0 Å². The van der Waals surface area contributed by atoms with Crippen LogP contribution in [-0.4, -0.2) is 46.6 Å². The minimum Gasteiger partial charge on any atom is -0.480 e. The number of aryl methyl sites for hydroxylation is 1. The van der Waals surface area contributed by atoms with E-state index in [1.54, 1.807) is 12.1 Å². The molecule has 1 fully saturated rings. The van der Waals surface area contributed by atoms with Crippen LogP contribution in [0.4, 0.5) is 13.2 Å². The van der Waals surface area contributed by atoms with Gasteiger partial charge in [-0.1, -0.05) is 18.2 Å². The fraction of sp³-hybridized carbons (Fsp3) is 0.357. The number of hydrogen-bond acceptors (Lipinski definition) is 8. The second kappa shape index (κ2) is 10.1. The predicted molar refractivity (Wildman–Crippen MR) is 143 cm³/mol. The van der Waals surface area contributed by atoms with Gasteiger partial charge in [-0.25, -0.2) is 24.9 Å². The number of hydrogen-bond donors (Lipinski definition) is 1. The molecule has 5 aromatic rings. The quantitative estimate of drug-likeness (QED) is 0.242.